The minimum absolute atomic E-state index is 0.223. The Hall–Kier alpha value is -3.14. The zero-order valence-corrected chi connectivity index (χ0v) is 16.1. The highest BCUT2D eigenvalue weighted by molar-refractivity contribution is 6.04. The fourth-order valence-corrected chi connectivity index (χ4v) is 3.43. The molecule has 0 saturated carbocycles. The second-order valence-corrected chi connectivity index (χ2v) is 6.91. The van der Waals surface area contributed by atoms with E-state index in [1.54, 1.807) is 24.3 Å². The number of hydrogen-bond acceptors (Lipinski definition) is 4. The van der Waals surface area contributed by atoms with E-state index < -0.39 is 5.91 Å². The topological polar surface area (TPSA) is 99.8 Å². The van der Waals surface area contributed by atoms with Crippen LogP contribution in [0.2, 0.25) is 0 Å². The van der Waals surface area contributed by atoms with Gasteiger partial charge in [0.05, 0.1) is 16.9 Å². The lowest BCUT2D eigenvalue weighted by Crippen LogP contribution is -2.26. The molecule has 0 bridgehead atoms. The first-order chi connectivity index (χ1) is 13.7. The van der Waals surface area contributed by atoms with Crippen molar-refractivity contribution in [3.8, 4) is 6.07 Å². The van der Waals surface area contributed by atoms with Gasteiger partial charge in [-0.3, -0.25) is 9.59 Å². The van der Waals surface area contributed by atoms with Gasteiger partial charge in [0.25, 0.3) is 11.8 Å². The Kier molecular flexibility index (Phi) is 6.43. The minimum Gasteiger partial charge on any atom is -0.351 e. The van der Waals surface area contributed by atoms with Crippen molar-refractivity contribution in [3.63, 3.8) is 0 Å². The SMILES string of the molecule is CCCCCNC(=O)c1nc(C(=O)Nc2ccccc2C#N)n2c1CCCC2. The van der Waals surface area contributed by atoms with Crippen LogP contribution in [0, 0.1) is 11.3 Å². The summed E-state index contributed by atoms with van der Waals surface area (Å²) in [6.07, 6.45) is 5.72. The van der Waals surface area contributed by atoms with Crippen molar-refractivity contribution < 1.29 is 9.59 Å². The number of hydrogen-bond donors (Lipinski definition) is 2. The minimum atomic E-state index is -0.407. The van der Waals surface area contributed by atoms with Gasteiger partial charge >= 0.3 is 0 Å². The van der Waals surface area contributed by atoms with E-state index in [1.165, 1.54) is 0 Å². The Morgan fingerprint density at radius 3 is 2.82 bits per heavy atom. The van der Waals surface area contributed by atoms with Gasteiger partial charge in [-0.1, -0.05) is 31.9 Å². The van der Waals surface area contributed by atoms with Crippen LogP contribution in [0.15, 0.2) is 24.3 Å². The van der Waals surface area contributed by atoms with E-state index >= 15 is 0 Å². The number of nitrogens with one attached hydrogen (secondary N) is 2. The molecule has 0 radical (unpaired) electrons. The van der Waals surface area contributed by atoms with Crippen molar-refractivity contribution in [3.05, 3.63) is 47.0 Å². The quantitative estimate of drug-likeness (QED) is 0.721. The van der Waals surface area contributed by atoms with E-state index in [9.17, 15) is 14.9 Å². The molecule has 1 aliphatic rings. The summed E-state index contributed by atoms with van der Waals surface area (Å²) >= 11 is 0. The summed E-state index contributed by atoms with van der Waals surface area (Å²) in [5, 5.41) is 14.9. The summed E-state index contributed by atoms with van der Waals surface area (Å²) in [5.41, 5.74) is 1.98. The van der Waals surface area contributed by atoms with Crippen molar-refractivity contribution >= 4 is 17.5 Å². The van der Waals surface area contributed by atoms with Gasteiger partial charge in [-0.05, 0) is 37.8 Å². The van der Waals surface area contributed by atoms with Crippen molar-refractivity contribution in [2.75, 3.05) is 11.9 Å². The summed E-state index contributed by atoms with van der Waals surface area (Å²) in [5.74, 6) is -0.407. The highest BCUT2D eigenvalue weighted by Gasteiger charge is 2.27. The van der Waals surface area contributed by atoms with Crippen LogP contribution in [-0.2, 0) is 13.0 Å². The average Bonchev–Trinajstić information content (AvgIpc) is 3.11. The number of amides is 2. The first kappa shape index (κ1) is 19.6. The molecule has 1 aromatic heterocycles. The van der Waals surface area contributed by atoms with E-state index in [4.69, 9.17) is 0 Å². The maximum atomic E-state index is 12.9. The molecule has 0 spiro atoms. The van der Waals surface area contributed by atoms with Crippen LogP contribution in [0.1, 0.15) is 71.4 Å². The Morgan fingerprint density at radius 2 is 2.04 bits per heavy atom. The lowest BCUT2D eigenvalue weighted by molar-refractivity contribution is 0.0947. The van der Waals surface area contributed by atoms with Gasteiger partial charge in [-0.2, -0.15) is 5.26 Å². The Morgan fingerprint density at radius 1 is 1.21 bits per heavy atom. The molecular formula is C21H25N5O2. The van der Waals surface area contributed by atoms with Gasteiger partial charge in [0.15, 0.2) is 5.82 Å². The molecule has 0 atom stereocenters. The number of benzene rings is 1. The number of aromatic nitrogens is 2. The van der Waals surface area contributed by atoms with E-state index in [0.29, 0.717) is 30.0 Å². The third-order valence-electron chi connectivity index (χ3n) is 4.90. The predicted molar refractivity (Wildman–Crippen MR) is 106 cm³/mol. The molecular weight excluding hydrogens is 354 g/mol. The number of nitrogens with zero attached hydrogens (tertiary/aromatic N) is 3. The molecule has 2 heterocycles. The van der Waals surface area contributed by atoms with Gasteiger partial charge in [-0.15, -0.1) is 0 Å². The highest BCUT2D eigenvalue weighted by atomic mass is 16.2. The number of rotatable bonds is 7. The second kappa shape index (κ2) is 9.18. The molecule has 2 amide bonds. The molecule has 7 heteroatoms. The molecule has 3 rings (SSSR count). The number of para-hydroxylation sites is 1. The fourth-order valence-electron chi connectivity index (χ4n) is 3.43. The van der Waals surface area contributed by atoms with Crippen molar-refractivity contribution in [2.45, 2.75) is 52.0 Å². The molecule has 146 valence electrons. The lowest BCUT2D eigenvalue weighted by atomic mass is 10.1. The number of carbonyl (C=O) groups is 2. The van der Waals surface area contributed by atoms with Crippen LogP contribution in [0.25, 0.3) is 0 Å². The molecule has 7 nitrogen and oxygen atoms in total. The maximum absolute atomic E-state index is 12.9. The Bertz CT molecular complexity index is 910. The molecule has 0 saturated heterocycles. The van der Waals surface area contributed by atoms with Crippen LogP contribution >= 0.6 is 0 Å². The summed E-state index contributed by atoms with van der Waals surface area (Å²) in [7, 11) is 0. The smallest absolute Gasteiger partial charge is 0.291 e. The van der Waals surface area contributed by atoms with Crippen LogP contribution in [0.5, 0.6) is 0 Å². The van der Waals surface area contributed by atoms with E-state index in [2.05, 4.69) is 28.6 Å². The zero-order valence-electron chi connectivity index (χ0n) is 16.1. The van der Waals surface area contributed by atoms with E-state index in [0.717, 1.165) is 44.2 Å². The lowest BCUT2D eigenvalue weighted by Gasteiger charge is -2.17. The van der Waals surface area contributed by atoms with Gasteiger partial charge in [-0.25, -0.2) is 4.98 Å². The van der Waals surface area contributed by atoms with Crippen LogP contribution in [-0.4, -0.2) is 27.9 Å². The summed E-state index contributed by atoms with van der Waals surface area (Å²) < 4.78 is 1.84. The molecule has 1 aliphatic heterocycles. The second-order valence-electron chi connectivity index (χ2n) is 6.91. The molecule has 0 aliphatic carbocycles. The molecule has 1 aromatic carbocycles. The summed E-state index contributed by atoms with van der Waals surface area (Å²) in [6.45, 7) is 3.38. The molecule has 0 fully saturated rings. The number of unbranched alkanes of at least 4 members (excludes halogenated alkanes) is 2. The molecule has 28 heavy (non-hydrogen) atoms. The fraction of sp³-hybridized carbons (Fsp3) is 0.429. The third kappa shape index (κ3) is 4.22. The van der Waals surface area contributed by atoms with Gasteiger partial charge in [0, 0.05) is 13.1 Å². The van der Waals surface area contributed by atoms with Crippen molar-refractivity contribution in [1.29, 1.82) is 5.26 Å². The number of imidazole rings is 1. The number of carbonyl (C=O) groups excluding carboxylic acids is 2. The monoisotopic (exact) mass is 379 g/mol. The first-order valence-electron chi connectivity index (χ1n) is 9.83. The third-order valence-corrected chi connectivity index (χ3v) is 4.90. The highest BCUT2D eigenvalue weighted by Crippen LogP contribution is 2.22. The predicted octanol–water partition coefficient (Wildman–Crippen LogP) is 3.26. The summed E-state index contributed by atoms with van der Waals surface area (Å²) in [6, 6.07) is 8.89. The average molecular weight is 379 g/mol. The maximum Gasteiger partial charge on any atom is 0.291 e. The van der Waals surface area contributed by atoms with E-state index in [-0.39, 0.29) is 11.7 Å². The number of anilines is 1. The van der Waals surface area contributed by atoms with Crippen LogP contribution < -0.4 is 10.6 Å². The van der Waals surface area contributed by atoms with Crippen LogP contribution in [0.4, 0.5) is 5.69 Å². The first-order valence-corrected chi connectivity index (χ1v) is 9.83. The normalized spacial score (nSPS) is 12.7. The zero-order chi connectivity index (χ0) is 19.9. The number of nitriles is 1. The largest absolute Gasteiger partial charge is 0.351 e. The Balaban J connectivity index is 1.83. The number of fused-ring (bicyclic) bond motifs is 1. The molecule has 2 aromatic rings. The van der Waals surface area contributed by atoms with Crippen LogP contribution in [0.3, 0.4) is 0 Å². The van der Waals surface area contributed by atoms with Gasteiger partial charge < -0.3 is 15.2 Å². The molecule has 0 unspecified atom stereocenters. The summed E-state index contributed by atoms with van der Waals surface area (Å²) in [4.78, 5) is 29.9. The molecule has 2 N–H and O–H groups in total. The van der Waals surface area contributed by atoms with E-state index in [1.807, 2.05) is 4.57 Å². The standard InChI is InChI=1S/C21H25N5O2/c1-2-3-7-12-23-20(27)18-17-11-6-8-13-26(17)19(25-18)21(28)24-16-10-5-4-9-15(16)14-22/h4-5,9-10H,2-3,6-8,11-13H2,1H3,(H,23,27)(H,24,28). The van der Waals surface area contributed by atoms with Gasteiger partial charge in [0.2, 0.25) is 0 Å². The van der Waals surface area contributed by atoms with Crippen molar-refractivity contribution in [2.24, 2.45) is 0 Å². The van der Waals surface area contributed by atoms with Gasteiger partial charge in [0.1, 0.15) is 11.8 Å². The van der Waals surface area contributed by atoms with Crippen molar-refractivity contribution in [1.82, 2.24) is 14.9 Å². The Labute approximate surface area is 164 Å².